The van der Waals surface area contributed by atoms with Crippen LogP contribution in [0.3, 0.4) is 0 Å². The molecule has 0 bridgehead atoms. The van der Waals surface area contributed by atoms with Gasteiger partial charge in [-0.15, -0.1) is 0 Å². The first-order valence-corrected chi connectivity index (χ1v) is 10.1. The third kappa shape index (κ3) is 2.06. The molecule has 0 N–H and O–H groups in total. The molecule has 3 saturated carbocycles. The minimum absolute atomic E-state index is 0.0735. The predicted octanol–water partition coefficient (Wildman–Crippen LogP) is 3.56. The summed E-state index contributed by atoms with van der Waals surface area (Å²) in [7, 11) is 0. The molecular weight excluding hydrogens is 347 g/mol. The van der Waals surface area contributed by atoms with Gasteiger partial charge >= 0.3 is 5.97 Å². The SMILES string of the molecule is C[C@]12CC[C@H]3[C@@H](C=CC4=C(OC(=O)CF)C(=O)C5CC5[C@@]43C)[C@@H]1CCC2=O. The number of halogens is 1. The summed E-state index contributed by atoms with van der Waals surface area (Å²) < 4.78 is 17.9. The molecule has 5 aliphatic rings. The lowest BCUT2D eigenvalue weighted by atomic mass is 9.49. The maximum absolute atomic E-state index is 12.7. The van der Waals surface area contributed by atoms with Crippen LogP contribution in [0.1, 0.15) is 46.0 Å². The van der Waals surface area contributed by atoms with E-state index in [1.807, 2.05) is 6.08 Å². The molecular formula is C22H25FO4. The van der Waals surface area contributed by atoms with Crippen molar-refractivity contribution < 1.29 is 23.5 Å². The van der Waals surface area contributed by atoms with Crippen LogP contribution in [0.15, 0.2) is 23.5 Å². The fraction of sp³-hybridized carbons (Fsp3) is 0.682. The van der Waals surface area contributed by atoms with Crippen LogP contribution in [-0.4, -0.2) is 24.2 Å². The summed E-state index contributed by atoms with van der Waals surface area (Å²) in [5.74, 6) is 0.495. The second kappa shape index (κ2) is 5.39. The number of alkyl halides is 1. The zero-order chi connectivity index (χ0) is 19.1. The van der Waals surface area contributed by atoms with E-state index in [0.29, 0.717) is 30.0 Å². The Labute approximate surface area is 158 Å². The summed E-state index contributed by atoms with van der Waals surface area (Å²) in [6, 6.07) is 0. The number of hydrogen-bond donors (Lipinski definition) is 0. The van der Waals surface area contributed by atoms with Gasteiger partial charge in [0.1, 0.15) is 5.78 Å². The molecule has 2 unspecified atom stereocenters. The molecule has 0 heterocycles. The van der Waals surface area contributed by atoms with Crippen LogP contribution < -0.4 is 0 Å². The smallest absolute Gasteiger partial charge is 0.343 e. The summed E-state index contributed by atoms with van der Waals surface area (Å²) in [5, 5.41) is 0. The van der Waals surface area contributed by atoms with Crippen LogP contribution in [0, 0.1) is 40.4 Å². The summed E-state index contributed by atoms with van der Waals surface area (Å²) in [5.41, 5.74) is 0.318. The fourth-order valence-corrected chi connectivity index (χ4v) is 7.01. The normalized spacial score (nSPS) is 47.1. The Bertz CT molecular complexity index is 826. The Morgan fingerprint density at radius 2 is 2.00 bits per heavy atom. The first-order valence-electron chi connectivity index (χ1n) is 10.1. The van der Waals surface area contributed by atoms with Crippen LogP contribution >= 0.6 is 0 Å². The zero-order valence-electron chi connectivity index (χ0n) is 15.8. The molecule has 0 aliphatic heterocycles. The highest BCUT2D eigenvalue weighted by atomic mass is 19.1. The molecule has 3 fully saturated rings. The van der Waals surface area contributed by atoms with Gasteiger partial charge in [0.2, 0.25) is 5.78 Å². The number of carbonyl (C=O) groups is 3. The third-order valence-electron chi connectivity index (χ3n) is 8.57. The van der Waals surface area contributed by atoms with Gasteiger partial charge in [-0.1, -0.05) is 26.0 Å². The van der Waals surface area contributed by atoms with E-state index in [9.17, 15) is 18.8 Å². The van der Waals surface area contributed by atoms with E-state index >= 15 is 0 Å². The molecule has 0 spiro atoms. The number of rotatable bonds is 2. The van der Waals surface area contributed by atoms with Gasteiger partial charge in [0.05, 0.1) is 0 Å². The van der Waals surface area contributed by atoms with E-state index in [1.54, 1.807) is 0 Å². The highest BCUT2D eigenvalue weighted by Gasteiger charge is 2.67. The molecule has 144 valence electrons. The monoisotopic (exact) mass is 372 g/mol. The average Bonchev–Trinajstić information content (AvgIpc) is 3.40. The Kier molecular flexibility index (Phi) is 3.46. The van der Waals surface area contributed by atoms with Crippen molar-refractivity contribution in [2.24, 2.45) is 40.4 Å². The molecule has 0 aromatic carbocycles. The van der Waals surface area contributed by atoms with E-state index in [-0.39, 0.29) is 34.2 Å². The topological polar surface area (TPSA) is 60.4 Å². The fourth-order valence-electron chi connectivity index (χ4n) is 7.01. The summed E-state index contributed by atoms with van der Waals surface area (Å²) in [6.07, 6.45) is 8.33. The standard InChI is InChI=1S/C22H25FO4/c1-21-8-7-14-11(13(21)5-6-17(21)24)3-4-15-20(27-18(25)10-23)19(26)12-9-16(12)22(14,15)2/h3-4,11-14,16H,5-10H2,1-2H3/t11-,12?,13-,14-,16?,21-,22+/m0/s1. The first kappa shape index (κ1) is 17.3. The summed E-state index contributed by atoms with van der Waals surface area (Å²) >= 11 is 0. The van der Waals surface area contributed by atoms with Crippen LogP contribution in [0.4, 0.5) is 4.39 Å². The minimum Gasteiger partial charge on any atom is -0.420 e. The van der Waals surface area contributed by atoms with Gasteiger partial charge < -0.3 is 4.74 Å². The number of Topliss-reactive ketones (excluding diaryl/α,β-unsaturated/α-hetero) is 2. The van der Waals surface area contributed by atoms with Crippen LogP contribution in [0.2, 0.25) is 0 Å². The molecule has 0 aromatic rings. The molecule has 0 saturated heterocycles. The van der Waals surface area contributed by atoms with Crippen molar-refractivity contribution in [1.29, 1.82) is 0 Å². The van der Waals surface area contributed by atoms with Crippen LogP contribution in [0.5, 0.6) is 0 Å². The lowest BCUT2D eigenvalue weighted by Crippen LogP contribution is -2.50. The number of carbonyl (C=O) groups excluding carboxylic acids is 3. The van der Waals surface area contributed by atoms with E-state index in [4.69, 9.17) is 4.74 Å². The highest BCUT2D eigenvalue weighted by Crippen LogP contribution is 2.70. The number of ketones is 2. The molecule has 4 nitrogen and oxygen atoms in total. The van der Waals surface area contributed by atoms with Crippen molar-refractivity contribution in [3.63, 3.8) is 0 Å². The molecule has 0 radical (unpaired) electrons. The van der Waals surface area contributed by atoms with Crippen molar-refractivity contribution in [2.75, 3.05) is 6.67 Å². The summed E-state index contributed by atoms with van der Waals surface area (Å²) in [4.78, 5) is 36.8. The van der Waals surface area contributed by atoms with E-state index in [2.05, 4.69) is 19.9 Å². The first-order chi connectivity index (χ1) is 12.8. The second-order valence-electron chi connectivity index (χ2n) is 9.51. The van der Waals surface area contributed by atoms with Crippen molar-refractivity contribution >= 4 is 17.5 Å². The van der Waals surface area contributed by atoms with Gasteiger partial charge in [-0.3, -0.25) is 9.59 Å². The second-order valence-corrected chi connectivity index (χ2v) is 9.51. The summed E-state index contributed by atoms with van der Waals surface area (Å²) in [6.45, 7) is 3.10. The van der Waals surface area contributed by atoms with Gasteiger partial charge in [-0.2, -0.15) is 0 Å². The molecule has 5 aliphatic carbocycles. The van der Waals surface area contributed by atoms with Crippen LogP contribution in [0.25, 0.3) is 0 Å². The van der Waals surface area contributed by atoms with Gasteiger partial charge in [-0.25, -0.2) is 9.18 Å². The minimum atomic E-state index is -1.23. The third-order valence-corrected chi connectivity index (χ3v) is 8.57. The lowest BCUT2D eigenvalue weighted by molar-refractivity contribution is -0.145. The Morgan fingerprint density at radius 1 is 1.22 bits per heavy atom. The lowest BCUT2D eigenvalue weighted by Gasteiger charge is -2.54. The van der Waals surface area contributed by atoms with Crippen molar-refractivity contribution in [2.45, 2.75) is 46.0 Å². The molecule has 5 heteroatoms. The van der Waals surface area contributed by atoms with E-state index < -0.39 is 12.6 Å². The number of hydrogen-bond acceptors (Lipinski definition) is 4. The zero-order valence-corrected chi connectivity index (χ0v) is 15.8. The molecule has 0 aromatic heterocycles. The number of esters is 1. The number of allylic oxidation sites excluding steroid dienone is 4. The van der Waals surface area contributed by atoms with Gasteiger partial charge in [-0.05, 0) is 49.4 Å². The molecule has 0 amide bonds. The van der Waals surface area contributed by atoms with Crippen molar-refractivity contribution in [3.8, 4) is 0 Å². The van der Waals surface area contributed by atoms with Crippen LogP contribution in [-0.2, 0) is 19.1 Å². The number of fused-ring (bicyclic) bond motifs is 7. The van der Waals surface area contributed by atoms with E-state index in [0.717, 1.165) is 31.3 Å². The Balaban J connectivity index is 1.61. The highest BCUT2D eigenvalue weighted by molar-refractivity contribution is 6.02. The largest absolute Gasteiger partial charge is 0.420 e. The Morgan fingerprint density at radius 3 is 2.74 bits per heavy atom. The quantitative estimate of drug-likeness (QED) is 0.696. The van der Waals surface area contributed by atoms with Gasteiger partial charge in [0.15, 0.2) is 12.4 Å². The van der Waals surface area contributed by atoms with Crippen molar-refractivity contribution in [3.05, 3.63) is 23.5 Å². The van der Waals surface area contributed by atoms with Crippen molar-refractivity contribution in [1.82, 2.24) is 0 Å². The molecule has 7 atom stereocenters. The molecule has 5 rings (SSSR count). The van der Waals surface area contributed by atoms with Gasteiger partial charge in [0, 0.05) is 28.7 Å². The maximum atomic E-state index is 12.7. The predicted molar refractivity (Wildman–Crippen MR) is 95.0 cm³/mol. The molecule has 27 heavy (non-hydrogen) atoms. The number of ether oxygens (including phenoxy) is 1. The van der Waals surface area contributed by atoms with Gasteiger partial charge in [0.25, 0.3) is 0 Å². The maximum Gasteiger partial charge on any atom is 0.343 e. The Hall–Kier alpha value is -1.78. The van der Waals surface area contributed by atoms with E-state index in [1.165, 1.54) is 0 Å². The average molecular weight is 372 g/mol.